The van der Waals surface area contributed by atoms with E-state index in [-0.39, 0.29) is 95.7 Å². The van der Waals surface area contributed by atoms with Crippen molar-refractivity contribution in [2.24, 2.45) is 47.3 Å². The van der Waals surface area contributed by atoms with Crippen LogP contribution >= 0.6 is 27.7 Å². The number of piperidine rings is 4. The zero-order valence-corrected chi connectivity index (χ0v) is 80.1. The molecule has 0 bridgehead atoms. The number of carbonyl (C=O) groups is 6. The number of allylic oxidation sites excluding steroid dienone is 1. The standard InChI is InChI=1S/C30H38FN3O3.C29H36FN3O.C26H33BrFN3O.C22H32FN5OS.CH4/c1-20(35)25-15-26(21(2)36)17-28(16-25)32-30(37)33-29-8-4-3-7-24(29)19-34-13-5-6-23(18-34)14-22-9-11-27(31)12-10-22;30-26-13-10-21(11-14-26)17-22-5-4-16-33(19-22)20-25-6-1-2-9-28(25)32-29(34)31-27-15-12-23-7-3-8-24(23)18-27;27-22-9-13-24(14-10-22)29-26(32)30-25-6-2-1-5-21(25)18-31-15-3-4-20(17-31)16-19-7-11-23(28)12-8-19;23-19-9-7-16(8-10-19)12-17-4-3-11-28(13-17)14-18-5-1-2-6-20(18)26-22(29)27-21(25)30-15-24;/h9-12,15-17,23-24,29H,3-8,13-14,18-19H2,1-2H3,(H2,32,33,37);3,8,10-15,18,22,25,28H,1-2,4-7,9,16-17,19-20H2,(H2,31,32,34);7-14,20-21,25H,1-6,15-18H2,(H2,29,30,32);7-10,15,17-18,20,24H,1-6,11-14H2,(H3,25,26,27,29);1H4/t23-,24-,29+;22?,25-,28+;20-,21-,25+;17-,18-,20+;/m0000./s1. The van der Waals surface area contributed by atoms with Crippen LogP contribution < -0.4 is 42.5 Å². The number of ketones is 2. The van der Waals surface area contributed by atoms with Crippen molar-refractivity contribution in [3.05, 3.63) is 236 Å². The van der Waals surface area contributed by atoms with Crippen LogP contribution in [0.4, 0.5) is 53.8 Å². The van der Waals surface area contributed by atoms with Gasteiger partial charge < -0.3 is 62.2 Å². The van der Waals surface area contributed by atoms with Crippen LogP contribution in [0.3, 0.4) is 0 Å². The summed E-state index contributed by atoms with van der Waals surface area (Å²) in [7, 11) is 0. The zero-order valence-electron chi connectivity index (χ0n) is 77.7. The van der Waals surface area contributed by atoms with Crippen molar-refractivity contribution in [1.82, 2.24) is 46.2 Å². The number of anilines is 3. The van der Waals surface area contributed by atoms with Gasteiger partial charge in [0.2, 0.25) is 0 Å². The first-order valence-electron chi connectivity index (χ1n) is 49.1. The monoisotopic (exact) mass is 1920 g/mol. The number of fused-ring (bicyclic) bond motifs is 1. The molecule has 0 radical (unpaired) electrons. The molecule has 9 aliphatic rings. The number of Topliss-reactive ketones (excluding diaryl/α,β-unsaturated/α-hetero) is 2. The van der Waals surface area contributed by atoms with Gasteiger partial charge in [-0.15, -0.1) is 0 Å². The Hall–Kier alpha value is -9.57. The molecule has 16 rings (SSSR count). The number of likely N-dealkylation sites (tertiary alicyclic amines) is 4. The summed E-state index contributed by atoms with van der Waals surface area (Å²) in [6.45, 7) is 15.6. The molecule has 0 aromatic heterocycles. The number of nitrogens with one attached hydrogen (secondary N) is 10. The lowest BCUT2D eigenvalue weighted by Crippen LogP contribution is -2.51. The average molecular weight is 1920 g/mol. The van der Waals surface area contributed by atoms with Gasteiger partial charge in [0.05, 0.1) is 5.55 Å². The summed E-state index contributed by atoms with van der Waals surface area (Å²) in [5.74, 6) is 3.13. The number of thioether (sulfide) groups is 1. The van der Waals surface area contributed by atoms with Crippen LogP contribution in [-0.2, 0) is 32.1 Å². The number of nitrogens with zero attached hydrogens (tertiary/aromatic N) is 4. The second-order valence-electron chi connectivity index (χ2n) is 38.9. The maximum absolute atomic E-state index is 13.3. The van der Waals surface area contributed by atoms with E-state index in [1.54, 1.807) is 54.6 Å². The van der Waals surface area contributed by atoms with Gasteiger partial charge in [0.15, 0.2) is 16.7 Å². The summed E-state index contributed by atoms with van der Waals surface area (Å²) < 4.78 is 53.9. The topological polar surface area (TPSA) is 259 Å². The van der Waals surface area contributed by atoms with Crippen molar-refractivity contribution in [1.29, 1.82) is 10.8 Å². The highest BCUT2D eigenvalue weighted by molar-refractivity contribution is 9.10. The zero-order chi connectivity index (χ0) is 93.4. The quantitative estimate of drug-likeness (QED) is 0.0106. The number of hydrogen-bond acceptors (Lipinski definition) is 13. The average Bonchev–Trinajstić information content (AvgIpc) is 1.24. The van der Waals surface area contributed by atoms with Crippen molar-refractivity contribution >= 4 is 97.2 Å². The van der Waals surface area contributed by atoms with Gasteiger partial charge in [-0.25, -0.2) is 36.7 Å². The van der Waals surface area contributed by atoms with E-state index >= 15 is 0 Å². The lowest BCUT2D eigenvalue weighted by atomic mass is 9.83. The van der Waals surface area contributed by atoms with E-state index in [1.807, 2.05) is 78.9 Å². The first-order valence-corrected chi connectivity index (χ1v) is 50.8. The number of benzene rings is 7. The molecule has 10 N–H and O–H groups in total. The lowest BCUT2D eigenvalue weighted by molar-refractivity contribution is 0.101. The number of carbonyl (C=O) groups excluding carboxylic acids is 6. The van der Waals surface area contributed by atoms with Crippen molar-refractivity contribution < 1.29 is 46.3 Å². The molecule has 4 saturated carbocycles. The Bertz CT molecular complexity index is 4930. The highest BCUT2D eigenvalue weighted by Gasteiger charge is 2.36. The van der Waals surface area contributed by atoms with Crippen LogP contribution in [0.5, 0.6) is 0 Å². The highest BCUT2D eigenvalue weighted by atomic mass is 79.9. The fourth-order valence-corrected chi connectivity index (χ4v) is 22.4. The maximum Gasteiger partial charge on any atom is 0.321 e. The molecule has 5 aliphatic carbocycles. The van der Waals surface area contributed by atoms with E-state index in [0.29, 0.717) is 64.2 Å². The summed E-state index contributed by atoms with van der Waals surface area (Å²) in [4.78, 5) is 84.6. The smallest absolute Gasteiger partial charge is 0.321 e. The van der Waals surface area contributed by atoms with Gasteiger partial charge in [-0.05, 0) is 370 Å². The van der Waals surface area contributed by atoms with Crippen molar-refractivity contribution in [2.45, 2.75) is 232 Å². The second kappa shape index (κ2) is 53.2. The van der Waals surface area contributed by atoms with Gasteiger partial charge in [0.1, 0.15) is 23.3 Å². The van der Waals surface area contributed by atoms with E-state index in [4.69, 9.17) is 10.8 Å². The molecule has 8 fully saturated rings. The summed E-state index contributed by atoms with van der Waals surface area (Å²) >= 11 is 4.30. The SMILES string of the molecule is C.CC(=O)c1cc(NC(=O)N[C@@H]2CCCC[C@H]2CN2CCC[C@@H](Cc3ccc(F)cc3)C2)cc(C(C)=O)c1.N=CSC(=N)NC(=O)N[C@@H]1CCCC[C@H]1CN1CCC[C@@H](Cc2ccc(F)cc2)C1.O=C(Nc1ccc(Br)cc1)N[C@@H]1CCCC[C@H]1CN1CCC[C@@H](Cc2ccc(F)cc2)C1.O=C(Nc1ccc2c(c1)C=CC2)N[C@@H]1CCCC[C@H]1CN1CCCC(Cc2ccc(F)cc2)C1. The number of halogens is 5. The third kappa shape index (κ3) is 34.0. The van der Waals surface area contributed by atoms with E-state index in [2.05, 4.69) is 102 Å². The highest BCUT2D eigenvalue weighted by Crippen LogP contribution is 2.36. The molecule has 20 nitrogen and oxygen atoms in total. The normalized spacial score (nSPS) is 23.7. The lowest BCUT2D eigenvalue weighted by Gasteiger charge is -2.39. The number of amidine groups is 1. The molecule has 7 aromatic rings. The predicted molar refractivity (Wildman–Crippen MR) is 539 cm³/mol. The predicted octanol–water partition coefficient (Wildman–Crippen LogP) is 23.0. The molecule has 722 valence electrons. The largest absolute Gasteiger partial charge is 0.335 e. The van der Waals surface area contributed by atoms with E-state index in [0.717, 1.165) is 202 Å². The number of urea groups is 4. The Kier molecular flexibility index (Phi) is 41.1. The van der Waals surface area contributed by atoms with Crippen LogP contribution in [0.1, 0.15) is 229 Å². The Labute approximate surface area is 805 Å². The van der Waals surface area contributed by atoms with Gasteiger partial charge >= 0.3 is 24.1 Å². The van der Waals surface area contributed by atoms with Crippen LogP contribution in [0.2, 0.25) is 0 Å². The fraction of sp³-hybridized carbons (Fsp3) is 0.519. The second-order valence-corrected chi connectivity index (χ2v) is 40.7. The minimum atomic E-state index is -0.348. The molecule has 134 heavy (non-hydrogen) atoms. The van der Waals surface area contributed by atoms with Crippen LogP contribution in [0.25, 0.3) is 6.08 Å². The van der Waals surface area contributed by atoms with Crippen LogP contribution in [0.15, 0.2) is 168 Å². The Balaban J connectivity index is 0.000000161. The fourth-order valence-electron chi connectivity index (χ4n) is 21.9. The molecule has 4 aliphatic heterocycles. The summed E-state index contributed by atoms with van der Waals surface area (Å²) in [6, 6.07) is 46.0. The molecule has 4 saturated heterocycles. The Morgan fingerprint density at radius 2 is 0.701 bits per heavy atom. The Morgan fingerprint density at radius 1 is 0.388 bits per heavy atom. The van der Waals surface area contributed by atoms with Crippen molar-refractivity contribution in [2.75, 3.05) is 94.5 Å². The first kappa shape index (κ1) is 103. The summed E-state index contributed by atoms with van der Waals surface area (Å²) in [5, 5.41) is 38.8. The molecular formula is C108H143BrF4N14O6S. The molecule has 12 atom stereocenters. The number of hydrogen-bond donors (Lipinski definition) is 10. The van der Waals surface area contributed by atoms with Crippen molar-refractivity contribution in [3.63, 3.8) is 0 Å². The van der Waals surface area contributed by atoms with Gasteiger partial charge in [-0.1, -0.05) is 141 Å². The number of rotatable bonds is 26. The van der Waals surface area contributed by atoms with Gasteiger partial charge in [0, 0.05) is 109 Å². The number of amides is 8. The maximum atomic E-state index is 13.3. The molecule has 4 heterocycles. The minimum absolute atomic E-state index is 0. The summed E-state index contributed by atoms with van der Waals surface area (Å²) in [6.07, 6.45) is 36.8. The third-order valence-electron chi connectivity index (χ3n) is 28.6. The third-order valence-corrected chi connectivity index (χ3v) is 29.6. The summed E-state index contributed by atoms with van der Waals surface area (Å²) in [5.41, 5.74) is 11.3. The Morgan fingerprint density at radius 3 is 1.04 bits per heavy atom. The van der Waals surface area contributed by atoms with E-state index in [1.165, 1.54) is 156 Å². The minimum Gasteiger partial charge on any atom is -0.335 e. The first-order chi connectivity index (χ1) is 64.5. The van der Waals surface area contributed by atoms with E-state index < -0.39 is 0 Å². The molecule has 8 amide bonds. The molecule has 1 unspecified atom stereocenters. The van der Waals surface area contributed by atoms with E-state index in [9.17, 15) is 46.3 Å². The van der Waals surface area contributed by atoms with Crippen LogP contribution in [-0.4, -0.2) is 169 Å². The molecule has 0 spiro atoms. The van der Waals surface area contributed by atoms with Crippen LogP contribution in [0, 0.1) is 81.4 Å². The van der Waals surface area contributed by atoms with Crippen molar-refractivity contribution in [3.8, 4) is 0 Å². The van der Waals surface area contributed by atoms with Gasteiger partial charge in [-0.2, -0.15) is 0 Å². The van der Waals surface area contributed by atoms with Gasteiger partial charge in [-0.3, -0.25) is 20.3 Å². The molecule has 7 aromatic carbocycles. The van der Waals surface area contributed by atoms with Gasteiger partial charge in [0.25, 0.3) is 0 Å². The molecular weight excluding hydrogens is 1780 g/mol. The molecule has 26 heteroatoms.